The van der Waals surface area contributed by atoms with Crippen molar-refractivity contribution in [2.24, 2.45) is 11.5 Å². The zero-order valence-corrected chi connectivity index (χ0v) is 66.3. The van der Waals surface area contributed by atoms with Gasteiger partial charge in [-0.05, 0) is 210 Å². The fourth-order valence-electron chi connectivity index (χ4n) is 14.1. The quantitative estimate of drug-likeness (QED) is 0.0327. The molecule has 4 aliphatic rings. The number of alkyl halides is 7. The van der Waals surface area contributed by atoms with E-state index in [1.54, 1.807) is 72.8 Å². The van der Waals surface area contributed by atoms with Crippen molar-refractivity contribution in [2.75, 3.05) is 72.7 Å². The predicted molar refractivity (Wildman–Crippen MR) is 428 cm³/mol. The molecule has 3 aromatic heterocycles. The van der Waals surface area contributed by atoms with Crippen LogP contribution in [0.2, 0.25) is 0 Å². The number of aryl methyl sites for hydroxylation is 1. The van der Waals surface area contributed by atoms with Gasteiger partial charge < -0.3 is 55.2 Å². The zero-order valence-electron chi connectivity index (χ0n) is 65.3. The van der Waals surface area contributed by atoms with Gasteiger partial charge in [-0.2, -0.15) is 0 Å². The number of hydrogen-bond donors (Lipinski definition) is 2. The van der Waals surface area contributed by atoms with Crippen LogP contribution in [0.1, 0.15) is 114 Å². The van der Waals surface area contributed by atoms with Crippen molar-refractivity contribution in [2.45, 2.75) is 102 Å². The molecule has 0 aliphatic carbocycles. The maximum absolute atomic E-state index is 13.5. The number of likely N-dealkylation sites (tertiary alicyclic amines) is 3. The van der Waals surface area contributed by atoms with Crippen molar-refractivity contribution in [3.63, 3.8) is 0 Å². The van der Waals surface area contributed by atoms with Crippen molar-refractivity contribution < 1.29 is 107 Å². The van der Waals surface area contributed by atoms with Gasteiger partial charge in [-0.25, -0.2) is 39.5 Å². The summed E-state index contributed by atoms with van der Waals surface area (Å²) >= 11 is 0. The molecule has 16 rings (SSSR count). The topological polar surface area (TPSA) is 220 Å². The Bertz CT molecular complexity index is 4810. The number of ether oxygens (including phenoxy) is 1. The molecule has 3 amide bonds. The van der Waals surface area contributed by atoms with Crippen LogP contribution in [0.5, 0.6) is 0 Å². The van der Waals surface area contributed by atoms with E-state index in [2.05, 4.69) is 13.0 Å². The minimum absolute atomic E-state index is 0. The second kappa shape index (κ2) is 40.4. The van der Waals surface area contributed by atoms with Gasteiger partial charge in [0.05, 0.1) is 8.52 Å². The third kappa shape index (κ3) is 22.6. The maximum atomic E-state index is 13.5. The summed E-state index contributed by atoms with van der Waals surface area (Å²) in [6, 6.07) is 58.3. The number of benzene rings is 9. The van der Waals surface area contributed by atoms with Gasteiger partial charge >= 0.3 is 29.6 Å². The Morgan fingerprint density at radius 1 is 0.405 bits per heavy atom. The minimum Gasteiger partial charge on any atom is -0.460 e. The number of hydrogen-bond acceptors (Lipinski definition) is 9. The van der Waals surface area contributed by atoms with Crippen LogP contribution >= 0.6 is 0 Å². The van der Waals surface area contributed by atoms with Crippen LogP contribution < -0.4 is 41.0 Å². The van der Waals surface area contributed by atoms with E-state index in [0.717, 1.165) is 132 Å². The number of carbonyl (C=O) groups is 3. The maximum Gasteiger partial charge on any atom is 1.00 e. The number of piperidine rings is 3. The van der Waals surface area contributed by atoms with Crippen molar-refractivity contribution in [1.82, 2.24) is 14.7 Å². The van der Waals surface area contributed by atoms with Gasteiger partial charge in [0.15, 0.2) is 0 Å². The van der Waals surface area contributed by atoms with Gasteiger partial charge in [-0.3, -0.25) is 23.7 Å². The van der Waals surface area contributed by atoms with Crippen molar-refractivity contribution >= 4 is 50.6 Å². The molecule has 600 valence electrons. The summed E-state index contributed by atoms with van der Waals surface area (Å²) in [4.78, 5) is 44.3. The van der Waals surface area contributed by atoms with E-state index in [1.807, 2.05) is 84.9 Å². The fraction of sp³-hybridized carbons (Fsp3) is 0.300. The summed E-state index contributed by atoms with van der Waals surface area (Å²) in [5.74, 6) is -7.28. The van der Waals surface area contributed by atoms with Gasteiger partial charge in [0, 0.05) is 160 Å². The standard InChI is InChI=1S/C29H26F3NO2.2C28H25F3N2O2.C4H8O.CH3F.N3.Na/c1-2-3-25-17-23-16-22(18-26(27(23)35-25)20-8-10-24(30)11-9-20)19-4-6-21(7-5-19)28(34)33-14-12-29(31,32)13-15-33;2*29-23-7-5-19(6-8-23)25-17-21(15-22-16-24(9-12-32)35-26(22)25)18-1-3-20(4-2-18)27(34)33-13-10-28(30,31)11-14-33;1-2-4-5-3-1;1-2;1-3-2;/h4-11,16-18H,2-3,12-15H2,1H3;2*1-8,15-17H,9-14,32H2;1-4H2;1H3;;/q;;;;;-1;+1/i;;;;1D;;. The van der Waals surface area contributed by atoms with Gasteiger partial charge in [0.25, 0.3) is 35.5 Å². The normalized spacial score (nSPS) is 15.3. The Kier molecular flexibility index (Phi) is 30.1. The molecule has 4 fully saturated rings. The Morgan fingerprint density at radius 3 is 0.871 bits per heavy atom. The van der Waals surface area contributed by atoms with Crippen molar-refractivity contribution in [3.8, 4) is 66.8 Å². The van der Waals surface area contributed by atoms with Crippen LogP contribution in [0.4, 0.5) is 43.9 Å². The first-order chi connectivity index (χ1) is 55.8. The first kappa shape index (κ1) is 86.4. The molecule has 12 aromatic rings. The molecule has 0 unspecified atom stereocenters. The van der Waals surface area contributed by atoms with Gasteiger partial charge in [-0.15, -0.1) is 0 Å². The third-order valence-electron chi connectivity index (χ3n) is 20.3. The SMILES string of the molecule is C1CCOC1.CCCc1cc2cc(-c3ccc(C(=O)N4CCC(F)(F)CC4)cc3)cc(-c3ccc(F)cc3)c2o1.NCCc1cc2cc(-c3ccc(C(=O)N4CCC(F)(F)CC4)cc3)cc(-c3ccc(F)cc3)c2o1.NCCc1cc2cc(-c3ccc(C(=O)N4CCC(F)(F)CC4)cc3)cc(-c3ccc(F)cc3)c2o1.[2H]CF.[N-]=[N+]=[N-].[Na+]. The molecule has 116 heavy (non-hydrogen) atoms. The molecule has 0 radical (unpaired) electrons. The predicted octanol–water partition coefficient (Wildman–Crippen LogP) is 19.5. The number of furan rings is 3. The smallest absolute Gasteiger partial charge is 0.460 e. The van der Waals surface area contributed by atoms with E-state index in [-0.39, 0.29) is 143 Å². The summed E-state index contributed by atoms with van der Waals surface area (Å²) in [6.07, 6.45) is 3.73. The molecular weight excluding hydrogens is 1520 g/mol. The summed E-state index contributed by atoms with van der Waals surface area (Å²) in [5, 5.41) is 2.76. The van der Waals surface area contributed by atoms with Gasteiger partial charge in [0.2, 0.25) is 0 Å². The number of amides is 3. The second-order valence-electron chi connectivity index (χ2n) is 28.4. The van der Waals surface area contributed by atoms with Crippen LogP contribution in [0.25, 0.3) is 116 Å². The molecule has 4 aliphatic heterocycles. The number of carbonyl (C=O) groups excluding carboxylic acids is 3. The first-order valence-electron chi connectivity index (χ1n) is 38.6. The molecule has 9 aromatic carbocycles. The van der Waals surface area contributed by atoms with Crippen molar-refractivity contribution in [1.29, 1.82) is 0 Å². The summed E-state index contributed by atoms with van der Waals surface area (Å²) in [5.41, 5.74) is 39.0. The number of rotatable bonds is 15. The van der Waals surface area contributed by atoms with Crippen LogP contribution in [-0.2, 0) is 24.0 Å². The largest absolute Gasteiger partial charge is 1.00 e. The first-order valence-corrected chi connectivity index (χ1v) is 37.9. The fourth-order valence-corrected chi connectivity index (χ4v) is 14.1. The molecular formula is C90H87F10N8NaO7. The number of fused-ring (bicyclic) bond motifs is 3. The molecule has 26 heteroatoms. The molecule has 0 atom stereocenters. The van der Waals surface area contributed by atoms with Crippen LogP contribution in [0, 0.1) is 17.5 Å². The van der Waals surface area contributed by atoms with Crippen LogP contribution in [0.15, 0.2) is 213 Å². The van der Waals surface area contributed by atoms with Crippen molar-refractivity contribution in [3.05, 3.63) is 268 Å². The molecule has 7 heterocycles. The Hall–Kier alpha value is -10.5. The van der Waals surface area contributed by atoms with E-state index < -0.39 is 24.9 Å². The number of nitrogens with two attached hydrogens (primary N) is 2. The summed E-state index contributed by atoms with van der Waals surface area (Å²) < 4.78 is 160. The number of nitrogens with zero attached hydrogens (tertiary/aromatic N) is 6. The Balaban J connectivity index is 0.000000173. The monoisotopic (exact) mass is 1610 g/mol. The van der Waals surface area contributed by atoms with E-state index >= 15 is 0 Å². The molecule has 4 N–H and O–H groups in total. The third-order valence-corrected chi connectivity index (χ3v) is 20.3. The Labute approximate surface area is 688 Å². The minimum atomic E-state index is -2.70. The van der Waals surface area contributed by atoms with E-state index in [9.17, 15) is 58.3 Å². The van der Waals surface area contributed by atoms with Crippen LogP contribution in [-0.4, -0.2) is 123 Å². The summed E-state index contributed by atoms with van der Waals surface area (Å²) in [7, 11) is -1.00. The average Bonchev–Trinajstić information content (AvgIpc) is 1.67. The Morgan fingerprint density at radius 2 is 0.647 bits per heavy atom. The second-order valence-corrected chi connectivity index (χ2v) is 28.4. The molecule has 4 saturated heterocycles. The van der Waals surface area contributed by atoms with Gasteiger partial charge in [0.1, 0.15) is 51.5 Å². The van der Waals surface area contributed by atoms with E-state index in [0.29, 0.717) is 53.8 Å². The molecule has 15 nitrogen and oxygen atoms in total. The average molecular weight is 1610 g/mol. The zero-order chi connectivity index (χ0) is 82.7. The van der Waals surface area contributed by atoms with E-state index in [1.165, 1.54) is 68.9 Å². The molecule has 0 spiro atoms. The molecule has 0 saturated carbocycles. The summed E-state index contributed by atoms with van der Waals surface area (Å²) in [6.45, 7) is 5.35. The number of halogens is 10. The van der Waals surface area contributed by atoms with Crippen LogP contribution in [0.3, 0.4) is 0 Å². The molecule has 0 bridgehead atoms. The van der Waals surface area contributed by atoms with Gasteiger partial charge in [-0.1, -0.05) is 79.7 Å². The van der Waals surface area contributed by atoms with E-state index in [4.69, 9.17) is 41.9 Å².